The summed E-state index contributed by atoms with van der Waals surface area (Å²) in [5, 5.41) is 5.06. The number of hydrogen-bond donors (Lipinski definition) is 1. The van der Waals surface area contributed by atoms with Crippen LogP contribution in [0.15, 0.2) is 42.5 Å². The molecule has 5 rings (SSSR count). The van der Waals surface area contributed by atoms with Crippen molar-refractivity contribution < 1.29 is 19.1 Å². The van der Waals surface area contributed by atoms with Gasteiger partial charge in [0, 0.05) is 38.0 Å². The Morgan fingerprint density at radius 2 is 1.87 bits per heavy atom. The van der Waals surface area contributed by atoms with E-state index in [1.807, 2.05) is 47.4 Å². The number of piperidine rings is 1. The number of ether oxygens (including phenoxy) is 2. The Balaban J connectivity index is 1.19. The fourth-order valence-corrected chi connectivity index (χ4v) is 5.21. The normalized spacial score (nSPS) is 25.2. The van der Waals surface area contributed by atoms with E-state index in [4.69, 9.17) is 9.47 Å². The molecule has 2 aromatic carbocycles. The van der Waals surface area contributed by atoms with Gasteiger partial charge in [0.2, 0.25) is 5.91 Å². The maximum Gasteiger partial charge on any atom is 0.254 e. The molecule has 2 atom stereocenters. The van der Waals surface area contributed by atoms with Gasteiger partial charge < -0.3 is 19.7 Å². The molecule has 2 unspecified atom stereocenters. The van der Waals surface area contributed by atoms with Crippen LogP contribution in [0.25, 0.3) is 10.8 Å². The summed E-state index contributed by atoms with van der Waals surface area (Å²) in [6, 6.07) is 13.8. The van der Waals surface area contributed by atoms with Crippen LogP contribution in [-0.4, -0.2) is 54.8 Å². The molecule has 0 bridgehead atoms. The zero-order valence-corrected chi connectivity index (χ0v) is 17.8. The molecular weight excluding hydrogens is 392 g/mol. The standard InChI is InChI=1S/C25H30N2O4/c28-23(26-15-20-17-30-25(31-20)12-3-4-13-25)19-9-6-14-27(16-19)24(29)22-11-5-8-18-7-1-2-10-21(18)22/h1-2,5,7-8,10-11,19-20H,3-4,6,9,12-17H2,(H,26,28). The molecule has 2 aliphatic heterocycles. The fourth-order valence-electron chi connectivity index (χ4n) is 5.21. The minimum Gasteiger partial charge on any atom is -0.353 e. The molecule has 1 saturated carbocycles. The summed E-state index contributed by atoms with van der Waals surface area (Å²) < 4.78 is 12.0. The Bertz CT molecular complexity index is 964. The van der Waals surface area contributed by atoms with Gasteiger partial charge in [0.05, 0.1) is 12.5 Å². The number of benzene rings is 2. The van der Waals surface area contributed by atoms with Gasteiger partial charge >= 0.3 is 0 Å². The number of rotatable bonds is 4. The third kappa shape index (κ3) is 4.19. The predicted octanol–water partition coefficient (Wildman–Crippen LogP) is 3.49. The molecule has 2 amide bonds. The summed E-state index contributed by atoms with van der Waals surface area (Å²) in [5.74, 6) is -0.575. The van der Waals surface area contributed by atoms with Gasteiger partial charge in [-0.2, -0.15) is 0 Å². The highest BCUT2D eigenvalue weighted by Gasteiger charge is 2.43. The number of carbonyl (C=O) groups is 2. The summed E-state index contributed by atoms with van der Waals surface area (Å²) in [7, 11) is 0. The summed E-state index contributed by atoms with van der Waals surface area (Å²) in [6.07, 6.45) is 5.73. The molecule has 1 spiro atoms. The molecule has 164 valence electrons. The van der Waals surface area contributed by atoms with Gasteiger partial charge in [0.1, 0.15) is 6.10 Å². The predicted molar refractivity (Wildman–Crippen MR) is 118 cm³/mol. The number of hydrogen-bond acceptors (Lipinski definition) is 4. The number of amides is 2. The Hall–Kier alpha value is -2.44. The molecule has 6 nitrogen and oxygen atoms in total. The van der Waals surface area contributed by atoms with E-state index in [1.54, 1.807) is 0 Å². The smallest absolute Gasteiger partial charge is 0.254 e. The Kier molecular flexibility index (Phi) is 5.67. The molecule has 3 fully saturated rings. The minimum atomic E-state index is -0.401. The molecule has 0 aromatic heterocycles. The van der Waals surface area contributed by atoms with Gasteiger partial charge in [-0.05, 0) is 42.5 Å². The van der Waals surface area contributed by atoms with E-state index in [9.17, 15) is 9.59 Å². The van der Waals surface area contributed by atoms with Crippen molar-refractivity contribution in [1.29, 1.82) is 0 Å². The summed E-state index contributed by atoms with van der Waals surface area (Å²) in [5.41, 5.74) is 0.706. The average molecular weight is 423 g/mol. The Morgan fingerprint density at radius 1 is 1.06 bits per heavy atom. The number of nitrogens with one attached hydrogen (secondary N) is 1. The van der Waals surface area contributed by atoms with Gasteiger partial charge in [-0.15, -0.1) is 0 Å². The highest BCUT2D eigenvalue weighted by atomic mass is 16.7. The number of likely N-dealkylation sites (tertiary alicyclic amines) is 1. The molecule has 3 aliphatic rings. The Labute approximate surface area is 182 Å². The van der Waals surface area contributed by atoms with Crippen molar-refractivity contribution in [3.8, 4) is 0 Å². The van der Waals surface area contributed by atoms with Crippen LogP contribution in [0.2, 0.25) is 0 Å². The zero-order valence-electron chi connectivity index (χ0n) is 17.8. The van der Waals surface area contributed by atoms with Gasteiger partial charge in [0.15, 0.2) is 5.79 Å². The minimum absolute atomic E-state index is 0.00463. The zero-order chi connectivity index (χ0) is 21.3. The van der Waals surface area contributed by atoms with E-state index in [0.717, 1.165) is 49.3 Å². The van der Waals surface area contributed by atoms with Gasteiger partial charge in [0.25, 0.3) is 5.91 Å². The maximum absolute atomic E-state index is 13.3. The van der Waals surface area contributed by atoms with E-state index in [2.05, 4.69) is 5.32 Å². The van der Waals surface area contributed by atoms with Crippen molar-refractivity contribution in [2.45, 2.75) is 50.4 Å². The molecule has 31 heavy (non-hydrogen) atoms. The first-order valence-corrected chi connectivity index (χ1v) is 11.5. The van der Waals surface area contributed by atoms with Gasteiger partial charge in [-0.25, -0.2) is 0 Å². The largest absolute Gasteiger partial charge is 0.353 e. The highest BCUT2D eigenvalue weighted by Crippen LogP contribution is 2.39. The van der Waals surface area contributed by atoms with Crippen LogP contribution >= 0.6 is 0 Å². The van der Waals surface area contributed by atoms with Crippen molar-refractivity contribution in [2.24, 2.45) is 5.92 Å². The van der Waals surface area contributed by atoms with E-state index >= 15 is 0 Å². The lowest BCUT2D eigenvalue weighted by molar-refractivity contribution is -0.161. The third-order valence-corrected chi connectivity index (χ3v) is 6.88. The van der Waals surface area contributed by atoms with Gasteiger partial charge in [-0.1, -0.05) is 36.4 Å². The van der Waals surface area contributed by atoms with E-state index in [-0.39, 0.29) is 23.8 Å². The first kappa shape index (κ1) is 20.5. The van der Waals surface area contributed by atoms with E-state index in [1.165, 1.54) is 0 Å². The summed E-state index contributed by atoms with van der Waals surface area (Å²) in [4.78, 5) is 27.9. The number of carbonyl (C=O) groups excluding carboxylic acids is 2. The van der Waals surface area contributed by atoms with Crippen LogP contribution in [0.3, 0.4) is 0 Å². The lowest BCUT2D eigenvalue weighted by Gasteiger charge is -2.32. The first-order valence-electron chi connectivity index (χ1n) is 11.5. The van der Waals surface area contributed by atoms with Gasteiger partial charge in [-0.3, -0.25) is 9.59 Å². The highest BCUT2D eigenvalue weighted by molar-refractivity contribution is 6.07. The van der Waals surface area contributed by atoms with Crippen molar-refractivity contribution >= 4 is 22.6 Å². The maximum atomic E-state index is 13.3. The Morgan fingerprint density at radius 3 is 2.74 bits per heavy atom. The van der Waals surface area contributed by atoms with Crippen LogP contribution in [0.5, 0.6) is 0 Å². The molecular formula is C25H30N2O4. The molecule has 2 saturated heterocycles. The second-order valence-electron chi connectivity index (χ2n) is 9.03. The number of fused-ring (bicyclic) bond motifs is 1. The van der Waals surface area contributed by atoms with Crippen LogP contribution in [-0.2, 0) is 14.3 Å². The molecule has 1 N–H and O–H groups in total. The van der Waals surface area contributed by atoms with Crippen LogP contribution in [0.1, 0.15) is 48.9 Å². The monoisotopic (exact) mass is 422 g/mol. The van der Waals surface area contributed by atoms with Crippen LogP contribution < -0.4 is 5.32 Å². The second-order valence-corrected chi connectivity index (χ2v) is 9.03. The van der Waals surface area contributed by atoms with E-state index in [0.29, 0.717) is 31.8 Å². The van der Waals surface area contributed by atoms with Crippen molar-refractivity contribution in [1.82, 2.24) is 10.2 Å². The first-order chi connectivity index (χ1) is 15.1. The van der Waals surface area contributed by atoms with Crippen LogP contribution in [0, 0.1) is 5.92 Å². The molecule has 6 heteroatoms. The second kappa shape index (κ2) is 8.60. The van der Waals surface area contributed by atoms with Crippen molar-refractivity contribution in [3.63, 3.8) is 0 Å². The quantitative estimate of drug-likeness (QED) is 0.819. The average Bonchev–Trinajstić information content (AvgIpc) is 3.46. The number of nitrogens with zero attached hydrogens (tertiary/aromatic N) is 1. The molecule has 2 heterocycles. The van der Waals surface area contributed by atoms with Crippen LogP contribution in [0.4, 0.5) is 0 Å². The summed E-state index contributed by atoms with van der Waals surface area (Å²) in [6.45, 7) is 2.15. The lowest BCUT2D eigenvalue weighted by Crippen LogP contribution is -2.47. The SMILES string of the molecule is O=C(NCC1COC2(CCCC2)O1)C1CCCN(C(=O)c2cccc3ccccc23)C1. The van der Waals surface area contributed by atoms with E-state index < -0.39 is 5.79 Å². The molecule has 1 aliphatic carbocycles. The summed E-state index contributed by atoms with van der Waals surface area (Å²) >= 11 is 0. The molecule has 2 aromatic rings. The fraction of sp³-hybridized carbons (Fsp3) is 0.520. The van der Waals surface area contributed by atoms with Crippen molar-refractivity contribution in [2.75, 3.05) is 26.2 Å². The topological polar surface area (TPSA) is 67.9 Å². The lowest BCUT2D eigenvalue weighted by atomic mass is 9.95. The third-order valence-electron chi connectivity index (χ3n) is 6.88. The molecule has 0 radical (unpaired) electrons. The van der Waals surface area contributed by atoms with Crippen molar-refractivity contribution in [3.05, 3.63) is 48.0 Å².